The highest BCUT2D eigenvalue weighted by Crippen LogP contribution is 2.00. The van der Waals surface area contributed by atoms with Crippen LogP contribution in [-0.2, 0) is 20.0 Å². The van der Waals surface area contributed by atoms with E-state index in [0.717, 1.165) is 17.9 Å². The lowest BCUT2D eigenvalue weighted by Crippen LogP contribution is -2.32. The number of aryl methyl sites for hydroxylation is 4. The minimum atomic E-state index is -0.147. The molecular formula is C10H16N5O+. The van der Waals surface area contributed by atoms with Gasteiger partial charge in [0, 0.05) is 0 Å². The monoisotopic (exact) mass is 222 g/mol. The van der Waals surface area contributed by atoms with Crippen molar-refractivity contribution in [2.24, 2.45) is 7.05 Å². The van der Waals surface area contributed by atoms with Crippen LogP contribution in [0.2, 0.25) is 0 Å². The molecule has 0 radical (unpaired) electrons. The van der Waals surface area contributed by atoms with Crippen LogP contribution < -0.4 is 15.9 Å². The largest absolute Gasteiger partial charge is 0.393 e. The van der Waals surface area contributed by atoms with Gasteiger partial charge in [0.1, 0.15) is 18.1 Å². The molecule has 4 N–H and O–H groups in total. The number of hydrogen-bond donors (Lipinski definition) is 3. The predicted molar refractivity (Wildman–Crippen MR) is 59.9 cm³/mol. The van der Waals surface area contributed by atoms with Gasteiger partial charge in [0.2, 0.25) is 0 Å². The molecule has 0 fully saturated rings. The summed E-state index contributed by atoms with van der Waals surface area (Å²) in [6.45, 7) is 2.38. The Hall–Kier alpha value is -1.98. The molecule has 16 heavy (non-hydrogen) atoms. The van der Waals surface area contributed by atoms with Crippen molar-refractivity contribution in [2.45, 2.75) is 19.9 Å². The number of imidazole rings is 1. The lowest BCUT2D eigenvalue weighted by atomic mass is 10.4. The average Bonchev–Trinajstić information content (AvgIpc) is 2.76. The van der Waals surface area contributed by atoms with Gasteiger partial charge in [-0.25, -0.2) is 9.55 Å². The maximum Gasteiger partial charge on any atom is 0.289 e. The number of rotatable bonds is 3. The van der Waals surface area contributed by atoms with Crippen molar-refractivity contribution in [3.8, 4) is 0 Å². The molecule has 0 saturated carbocycles. The van der Waals surface area contributed by atoms with E-state index in [0.29, 0.717) is 12.2 Å². The van der Waals surface area contributed by atoms with E-state index in [-0.39, 0.29) is 5.56 Å². The summed E-state index contributed by atoms with van der Waals surface area (Å²) in [6, 6.07) is 0. The smallest absolute Gasteiger partial charge is 0.289 e. The Kier molecular flexibility index (Phi) is 2.55. The fourth-order valence-corrected chi connectivity index (χ4v) is 1.68. The molecule has 6 nitrogen and oxygen atoms in total. The van der Waals surface area contributed by atoms with Gasteiger partial charge in [-0.15, -0.1) is 0 Å². The van der Waals surface area contributed by atoms with Gasteiger partial charge in [-0.3, -0.25) is 14.6 Å². The van der Waals surface area contributed by atoms with Crippen LogP contribution in [0.1, 0.15) is 11.5 Å². The Bertz CT molecular complexity index is 548. The SMILES string of the molecule is Cc1[nH]n(CCc2[nH]cc[n+]2C)c(=O)c1N. The van der Waals surface area contributed by atoms with Gasteiger partial charge in [0.25, 0.3) is 11.4 Å². The highest BCUT2D eigenvalue weighted by molar-refractivity contribution is 5.39. The molecule has 2 heterocycles. The van der Waals surface area contributed by atoms with E-state index in [4.69, 9.17) is 5.73 Å². The third-order valence-corrected chi connectivity index (χ3v) is 2.73. The molecule has 0 bridgehead atoms. The van der Waals surface area contributed by atoms with Crippen LogP contribution in [0, 0.1) is 6.92 Å². The lowest BCUT2D eigenvalue weighted by Gasteiger charge is -1.98. The Morgan fingerprint density at radius 1 is 1.56 bits per heavy atom. The summed E-state index contributed by atoms with van der Waals surface area (Å²) in [6.07, 6.45) is 4.56. The van der Waals surface area contributed by atoms with Crippen LogP contribution in [0.15, 0.2) is 17.2 Å². The first-order valence-corrected chi connectivity index (χ1v) is 5.16. The Labute approximate surface area is 92.7 Å². The molecule has 0 amide bonds. The topological polar surface area (TPSA) is 83.5 Å². The summed E-state index contributed by atoms with van der Waals surface area (Å²) >= 11 is 0. The number of hydrogen-bond acceptors (Lipinski definition) is 2. The molecule has 0 aliphatic rings. The van der Waals surface area contributed by atoms with Gasteiger partial charge in [-0.2, -0.15) is 0 Å². The van der Waals surface area contributed by atoms with E-state index in [1.165, 1.54) is 4.68 Å². The summed E-state index contributed by atoms with van der Waals surface area (Å²) in [5.41, 5.74) is 6.48. The first-order valence-electron chi connectivity index (χ1n) is 5.16. The molecule has 0 aliphatic heterocycles. The van der Waals surface area contributed by atoms with Crippen molar-refractivity contribution in [3.05, 3.63) is 34.3 Å². The molecule has 0 aromatic carbocycles. The van der Waals surface area contributed by atoms with E-state index in [9.17, 15) is 4.79 Å². The van der Waals surface area contributed by atoms with E-state index >= 15 is 0 Å². The second-order valence-corrected chi connectivity index (χ2v) is 3.87. The Balaban J connectivity index is 2.14. The maximum absolute atomic E-state index is 11.6. The molecular weight excluding hydrogens is 206 g/mol. The van der Waals surface area contributed by atoms with Gasteiger partial charge in [0.15, 0.2) is 0 Å². The van der Waals surface area contributed by atoms with Crippen molar-refractivity contribution in [3.63, 3.8) is 0 Å². The van der Waals surface area contributed by atoms with E-state index in [1.54, 1.807) is 6.92 Å². The van der Waals surface area contributed by atoms with E-state index < -0.39 is 0 Å². The number of nitrogens with two attached hydrogens (primary N) is 1. The van der Waals surface area contributed by atoms with Crippen LogP contribution in [0.4, 0.5) is 5.69 Å². The van der Waals surface area contributed by atoms with Crippen molar-refractivity contribution in [1.82, 2.24) is 14.8 Å². The highest BCUT2D eigenvalue weighted by atomic mass is 16.1. The fourth-order valence-electron chi connectivity index (χ4n) is 1.68. The van der Waals surface area contributed by atoms with Crippen LogP contribution in [0.25, 0.3) is 0 Å². The molecule has 0 spiro atoms. The number of H-pyrrole nitrogens is 2. The highest BCUT2D eigenvalue weighted by Gasteiger charge is 2.10. The third-order valence-electron chi connectivity index (χ3n) is 2.73. The van der Waals surface area contributed by atoms with Crippen molar-refractivity contribution in [1.29, 1.82) is 0 Å². The average molecular weight is 222 g/mol. The van der Waals surface area contributed by atoms with Crippen LogP contribution in [-0.4, -0.2) is 14.8 Å². The quantitative estimate of drug-likeness (QED) is 0.610. The van der Waals surface area contributed by atoms with Crippen molar-refractivity contribution >= 4 is 5.69 Å². The molecule has 0 saturated heterocycles. The number of aromatic amines is 2. The Morgan fingerprint density at radius 3 is 2.81 bits per heavy atom. The van der Waals surface area contributed by atoms with Crippen molar-refractivity contribution < 1.29 is 4.57 Å². The standard InChI is InChI=1S/C10H15N5O/c1-7-9(11)10(16)15(13-7)5-3-8-12-4-6-14(8)2/h4,6H,3,5,11H2,1-2H3,(H,13,16)/p+1. The van der Waals surface area contributed by atoms with Gasteiger partial charge < -0.3 is 5.73 Å². The van der Waals surface area contributed by atoms with Gasteiger partial charge in [0.05, 0.1) is 25.7 Å². The zero-order chi connectivity index (χ0) is 11.7. The first-order chi connectivity index (χ1) is 7.59. The van der Waals surface area contributed by atoms with Crippen LogP contribution in [0.5, 0.6) is 0 Å². The lowest BCUT2D eigenvalue weighted by molar-refractivity contribution is -0.677. The number of anilines is 1. The molecule has 2 aromatic rings. The van der Waals surface area contributed by atoms with E-state index in [2.05, 4.69) is 10.1 Å². The zero-order valence-electron chi connectivity index (χ0n) is 9.45. The van der Waals surface area contributed by atoms with Gasteiger partial charge >= 0.3 is 0 Å². The Morgan fingerprint density at radius 2 is 2.31 bits per heavy atom. The van der Waals surface area contributed by atoms with E-state index in [1.807, 2.05) is 24.0 Å². The molecule has 6 heteroatoms. The second kappa shape index (κ2) is 3.88. The zero-order valence-corrected chi connectivity index (χ0v) is 9.45. The fraction of sp³-hybridized carbons (Fsp3) is 0.400. The van der Waals surface area contributed by atoms with Gasteiger partial charge in [-0.05, 0) is 6.92 Å². The summed E-state index contributed by atoms with van der Waals surface area (Å²) < 4.78 is 3.52. The molecule has 0 unspecified atom stereocenters. The molecule has 86 valence electrons. The maximum atomic E-state index is 11.6. The third kappa shape index (κ3) is 1.73. The number of aromatic nitrogens is 4. The normalized spacial score (nSPS) is 10.9. The summed E-state index contributed by atoms with van der Waals surface area (Å²) in [5.74, 6) is 1.07. The van der Waals surface area contributed by atoms with Crippen molar-refractivity contribution in [2.75, 3.05) is 5.73 Å². The predicted octanol–water partition coefficient (Wildman–Crippen LogP) is -0.538. The van der Waals surface area contributed by atoms with Crippen LogP contribution >= 0.6 is 0 Å². The van der Waals surface area contributed by atoms with Crippen LogP contribution in [0.3, 0.4) is 0 Å². The first kappa shape index (κ1) is 10.5. The summed E-state index contributed by atoms with van der Waals surface area (Å²) in [4.78, 5) is 14.7. The number of nitrogens with one attached hydrogen (secondary N) is 2. The molecule has 0 atom stereocenters. The number of nitrogens with zero attached hydrogens (tertiary/aromatic N) is 2. The van der Waals surface area contributed by atoms with Gasteiger partial charge in [-0.1, -0.05) is 0 Å². The summed E-state index contributed by atoms with van der Waals surface area (Å²) in [7, 11) is 1.96. The molecule has 2 rings (SSSR count). The number of nitrogen functional groups attached to an aromatic ring is 1. The second-order valence-electron chi connectivity index (χ2n) is 3.87. The summed E-state index contributed by atoms with van der Waals surface area (Å²) in [5, 5.41) is 2.95. The minimum Gasteiger partial charge on any atom is -0.393 e. The molecule has 2 aromatic heterocycles. The minimum absolute atomic E-state index is 0.147. The molecule has 0 aliphatic carbocycles.